The molecule has 0 atom stereocenters. The summed E-state index contributed by atoms with van der Waals surface area (Å²) < 4.78 is 32.6. The third-order valence-corrected chi connectivity index (χ3v) is 5.33. The van der Waals surface area contributed by atoms with Gasteiger partial charge >= 0.3 is 0 Å². The van der Waals surface area contributed by atoms with Gasteiger partial charge in [-0.3, -0.25) is 4.79 Å². The Kier molecular flexibility index (Phi) is 6.08. The van der Waals surface area contributed by atoms with E-state index in [0.29, 0.717) is 18.0 Å². The molecule has 5 nitrogen and oxygen atoms in total. The molecule has 0 saturated carbocycles. The normalized spacial score (nSPS) is 11.8. The highest BCUT2D eigenvalue weighted by Crippen LogP contribution is 2.29. The fraction of sp³-hybridized carbons (Fsp3) is 0.350. The monoisotopic (exact) mass is 375 g/mol. The number of hydrogen-bond donors (Lipinski definition) is 0. The van der Waals surface area contributed by atoms with Gasteiger partial charge in [0.1, 0.15) is 5.75 Å². The molecule has 0 radical (unpaired) electrons. The Bertz CT molecular complexity index is 838. The first kappa shape index (κ1) is 20.0. The lowest BCUT2D eigenvalue weighted by atomic mass is 9.92. The van der Waals surface area contributed by atoms with Gasteiger partial charge < -0.3 is 4.74 Å². The lowest BCUT2D eigenvalue weighted by Gasteiger charge is -2.26. The van der Waals surface area contributed by atoms with E-state index in [0.717, 1.165) is 4.31 Å². The Balaban J connectivity index is 2.50. The summed E-state index contributed by atoms with van der Waals surface area (Å²) in [4.78, 5) is 13.0. The minimum atomic E-state index is -4.01. The van der Waals surface area contributed by atoms with Gasteiger partial charge in [-0.05, 0) is 48.7 Å². The Labute approximate surface area is 155 Å². The summed E-state index contributed by atoms with van der Waals surface area (Å²) in [6.07, 6.45) is 0.103. The van der Waals surface area contributed by atoms with Crippen LogP contribution in [-0.2, 0) is 14.8 Å². The van der Waals surface area contributed by atoms with Crippen molar-refractivity contribution in [1.29, 1.82) is 0 Å². The van der Waals surface area contributed by atoms with Gasteiger partial charge in [-0.25, -0.2) is 12.7 Å². The van der Waals surface area contributed by atoms with Gasteiger partial charge in [-0.2, -0.15) is 0 Å². The van der Waals surface area contributed by atoms with Crippen LogP contribution in [0.5, 0.6) is 5.75 Å². The predicted octanol–water partition coefficient (Wildman–Crippen LogP) is 4.24. The van der Waals surface area contributed by atoms with Crippen LogP contribution in [-0.4, -0.2) is 20.9 Å². The molecule has 0 N–H and O–H groups in total. The van der Waals surface area contributed by atoms with E-state index in [2.05, 4.69) is 0 Å². The minimum absolute atomic E-state index is 0.0798. The van der Waals surface area contributed by atoms with Gasteiger partial charge in [0.2, 0.25) is 5.91 Å². The molecule has 26 heavy (non-hydrogen) atoms. The second-order valence-corrected chi connectivity index (χ2v) is 8.93. The van der Waals surface area contributed by atoms with Gasteiger partial charge in [0.05, 0.1) is 17.2 Å². The number of carbonyl (C=O) groups excluding carboxylic acids is 1. The van der Waals surface area contributed by atoms with Gasteiger partial charge in [0, 0.05) is 6.42 Å². The molecule has 0 heterocycles. The fourth-order valence-corrected chi connectivity index (χ4v) is 3.93. The predicted molar refractivity (Wildman–Crippen MR) is 103 cm³/mol. The van der Waals surface area contributed by atoms with Gasteiger partial charge in [0.25, 0.3) is 10.0 Å². The quantitative estimate of drug-likeness (QED) is 0.757. The molecule has 0 aliphatic heterocycles. The standard InChI is InChI=1S/C20H25NO4S/c1-5-25-17-13-11-16(12-14-17)21(19(22)15-20(2,3)4)26(23,24)18-9-7-6-8-10-18/h6-14H,5,15H2,1-4H3. The second-order valence-electron chi connectivity index (χ2n) is 7.14. The smallest absolute Gasteiger partial charge is 0.270 e. The Morgan fingerprint density at radius 3 is 2.08 bits per heavy atom. The lowest BCUT2D eigenvalue weighted by molar-refractivity contribution is -0.119. The van der Waals surface area contributed by atoms with Crippen LogP contribution in [0.3, 0.4) is 0 Å². The maximum atomic E-state index is 13.1. The zero-order chi connectivity index (χ0) is 19.4. The Morgan fingerprint density at radius 2 is 1.58 bits per heavy atom. The molecule has 2 rings (SSSR count). The van der Waals surface area contributed by atoms with Crippen LogP contribution >= 0.6 is 0 Å². The van der Waals surface area contributed by atoms with Crippen molar-refractivity contribution in [2.24, 2.45) is 5.41 Å². The van der Waals surface area contributed by atoms with Crippen LogP contribution in [0.15, 0.2) is 59.5 Å². The summed E-state index contributed by atoms with van der Waals surface area (Å²) >= 11 is 0. The molecule has 0 spiro atoms. The molecule has 140 valence electrons. The minimum Gasteiger partial charge on any atom is -0.494 e. The number of sulfonamides is 1. The lowest BCUT2D eigenvalue weighted by Crippen LogP contribution is -2.38. The van der Waals surface area contributed by atoms with Gasteiger partial charge in [-0.15, -0.1) is 0 Å². The summed E-state index contributed by atoms with van der Waals surface area (Å²) in [5, 5.41) is 0. The highest BCUT2D eigenvalue weighted by atomic mass is 32.2. The largest absolute Gasteiger partial charge is 0.494 e. The van der Waals surface area contributed by atoms with Crippen LogP contribution in [0, 0.1) is 5.41 Å². The van der Waals surface area contributed by atoms with E-state index < -0.39 is 15.9 Å². The van der Waals surface area contributed by atoms with E-state index in [1.807, 2.05) is 27.7 Å². The van der Waals surface area contributed by atoms with Crippen molar-refractivity contribution in [3.63, 3.8) is 0 Å². The molecule has 0 bridgehead atoms. The summed E-state index contributed by atoms with van der Waals surface area (Å²) in [6, 6.07) is 14.5. The third-order valence-electron chi connectivity index (χ3n) is 3.57. The molecular weight excluding hydrogens is 350 g/mol. The van der Waals surface area contributed by atoms with E-state index in [1.54, 1.807) is 42.5 Å². The zero-order valence-electron chi connectivity index (χ0n) is 15.6. The first-order chi connectivity index (χ1) is 12.1. The van der Waals surface area contributed by atoms with Gasteiger partial charge in [-0.1, -0.05) is 39.0 Å². The number of nitrogens with zero attached hydrogens (tertiary/aromatic N) is 1. The van der Waals surface area contributed by atoms with Crippen molar-refractivity contribution in [3.05, 3.63) is 54.6 Å². The first-order valence-electron chi connectivity index (χ1n) is 8.51. The summed E-state index contributed by atoms with van der Waals surface area (Å²) in [7, 11) is -4.01. The molecular formula is C20H25NO4S. The molecule has 0 fully saturated rings. The molecule has 0 aliphatic rings. The molecule has 2 aromatic rings. The van der Waals surface area contributed by atoms with Crippen molar-refractivity contribution in [2.75, 3.05) is 10.9 Å². The Morgan fingerprint density at radius 1 is 1.00 bits per heavy atom. The maximum Gasteiger partial charge on any atom is 0.270 e. The van der Waals surface area contributed by atoms with Crippen molar-refractivity contribution >= 4 is 21.6 Å². The highest BCUT2D eigenvalue weighted by molar-refractivity contribution is 7.93. The van der Waals surface area contributed by atoms with Crippen molar-refractivity contribution in [2.45, 2.75) is 39.0 Å². The van der Waals surface area contributed by atoms with E-state index in [1.165, 1.54) is 12.1 Å². The molecule has 0 aliphatic carbocycles. The van der Waals surface area contributed by atoms with E-state index in [9.17, 15) is 13.2 Å². The highest BCUT2D eigenvalue weighted by Gasteiger charge is 2.33. The second kappa shape index (κ2) is 7.91. The maximum absolute atomic E-state index is 13.1. The average Bonchev–Trinajstić information content (AvgIpc) is 2.56. The number of benzene rings is 2. The van der Waals surface area contributed by atoms with Gasteiger partial charge in [0.15, 0.2) is 0 Å². The number of anilines is 1. The molecule has 0 saturated heterocycles. The SMILES string of the molecule is CCOc1ccc(N(C(=O)CC(C)(C)C)S(=O)(=O)c2ccccc2)cc1. The number of amides is 1. The third kappa shape index (κ3) is 4.85. The van der Waals surface area contributed by atoms with E-state index >= 15 is 0 Å². The summed E-state index contributed by atoms with van der Waals surface area (Å²) in [5.41, 5.74) is -0.0427. The molecule has 2 aromatic carbocycles. The molecule has 6 heteroatoms. The molecule has 0 unspecified atom stereocenters. The summed E-state index contributed by atoms with van der Waals surface area (Å²) in [5.74, 6) is 0.155. The number of rotatable bonds is 6. The Hall–Kier alpha value is -2.34. The van der Waals surface area contributed by atoms with Crippen LogP contribution in [0.4, 0.5) is 5.69 Å². The van der Waals surface area contributed by atoms with Crippen molar-refractivity contribution < 1.29 is 17.9 Å². The number of hydrogen-bond acceptors (Lipinski definition) is 4. The first-order valence-corrected chi connectivity index (χ1v) is 9.95. The number of ether oxygens (including phenoxy) is 1. The number of carbonyl (C=O) groups is 1. The van der Waals surface area contributed by atoms with Crippen LogP contribution in [0.1, 0.15) is 34.1 Å². The fourth-order valence-electron chi connectivity index (χ4n) is 2.48. The summed E-state index contributed by atoms with van der Waals surface area (Å²) in [6.45, 7) is 8.07. The molecule has 0 aromatic heterocycles. The molecule has 1 amide bonds. The topological polar surface area (TPSA) is 63.7 Å². The van der Waals surface area contributed by atoms with Crippen molar-refractivity contribution in [3.8, 4) is 5.75 Å². The van der Waals surface area contributed by atoms with E-state index in [-0.39, 0.29) is 16.7 Å². The zero-order valence-corrected chi connectivity index (χ0v) is 16.4. The van der Waals surface area contributed by atoms with Crippen LogP contribution in [0.2, 0.25) is 0 Å². The van der Waals surface area contributed by atoms with E-state index in [4.69, 9.17) is 4.74 Å². The average molecular weight is 375 g/mol. The van der Waals surface area contributed by atoms with Crippen LogP contribution in [0.25, 0.3) is 0 Å². The van der Waals surface area contributed by atoms with Crippen LogP contribution < -0.4 is 9.04 Å². The van der Waals surface area contributed by atoms with Crippen molar-refractivity contribution in [1.82, 2.24) is 0 Å².